The molecule has 18 heavy (non-hydrogen) atoms. The molecule has 0 fully saturated rings. The van der Waals surface area contributed by atoms with Crippen LogP contribution in [0.5, 0.6) is 5.75 Å². The third-order valence-electron chi connectivity index (χ3n) is 3.22. The van der Waals surface area contributed by atoms with E-state index in [2.05, 4.69) is 17.6 Å². The van der Waals surface area contributed by atoms with Crippen molar-refractivity contribution in [2.75, 3.05) is 19.0 Å². The normalized spacial score (nSPS) is 17.4. The molecule has 1 aromatic rings. The summed E-state index contributed by atoms with van der Waals surface area (Å²) in [6.07, 6.45) is 3.48. The van der Waals surface area contributed by atoms with Gasteiger partial charge in [0, 0.05) is 17.3 Å². The maximum Gasteiger partial charge on any atom is 0.246 e. The molecular formula is C14H20N2O2. The van der Waals surface area contributed by atoms with Crippen molar-refractivity contribution in [1.29, 1.82) is 0 Å². The molecule has 0 bridgehead atoms. The van der Waals surface area contributed by atoms with Crippen LogP contribution in [0.25, 0.3) is 0 Å². The van der Waals surface area contributed by atoms with Crippen molar-refractivity contribution >= 4 is 11.6 Å². The Morgan fingerprint density at radius 2 is 2.22 bits per heavy atom. The van der Waals surface area contributed by atoms with Crippen molar-refractivity contribution in [2.45, 2.75) is 32.2 Å². The Bertz CT molecular complexity index is 432. The lowest BCUT2D eigenvalue weighted by Crippen LogP contribution is -2.28. The van der Waals surface area contributed by atoms with Crippen LogP contribution in [0.2, 0.25) is 0 Å². The smallest absolute Gasteiger partial charge is 0.246 e. The number of fused-ring (bicyclic) bond motifs is 1. The van der Waals surface area contributed by atoms with Crippen LogP contribution in [0.1, 0.15) is 37.8 Å². The second-order valence-electron chi connectivity index (χ2n) is 4.54. The van der Waals surface area contributed by atoms with Gasteiger partial charge in [-0.15, -0.1) is 0 Å². The van der Waals surface area contributed by atoms with Crippen molar-refractivity contribution in [2.24, 2.45) is 0 Å². The predicted octanol–water partition coefficient (Wildman–Crippen LogP) is 2.47. The fourth-order valence-corrected chi connectivity index (χ4v) is 2.19. The van der Waals surface area contributed by atoms with Crippen LogP contribution >= 0.6 is 0 Å². The zero-order chi connectivity index (χ0) is 13.0. The molecular weight excluding hydrogens is 228 g/mol. The van der Waals surface area contributed by atoms with Gasteiger partial charge in [0.25, 0.3) is 0 Å². The van der Waals surface area contributed by atoms with Crippen molar-refractivity contribution in [3.05, 3.63) is 23.8 Å². The topological polar surface area (TPSA) is 50.4 Å². The molecule has 1 aliphatic heterocycles. The van der Waals surface area contributed by atoms with Crippen LogP contribution in [0.15, 0.2) is 18.2 Å². The molecule has 0 saturated carbocycles. The molecule has 98 valence electrons. The third-order valence-corrected chi connectivity index (χ3v) is 3.22. The van der Waals surface area contributed by atoms with Gasteiger partial charge >= 0.3 is 0 Å². The summed E-state index contributed by atoms with van der Waals surface area (Å²) >= 11 is 0. The molecule has 4 heteroatoms. The van der Waals surface area contributed by atoms with Crippen LogP contribution in [0.3, 0.4) is 0 Å². The first-order valence-corrected chi connectivity index (χ1v) is 6.48. The molecule has 2 rings (SSSR count). The van der Waals surface area contributed by atoms with E-state index in [9.17, 15) is 4.79 Å². The van der Waals surface area contributed by atoms with Gasteiger partial charge in [0.15, 0.2) is 0 Å². The summed E-state index contributed by atoms with van der Waals surface area (Å²) in [5, 5.41) is 6.19. The van der Waals surface area contributed by atoms with E-state index in [1.54, 1.807) is 7.11 Å². The van der Waals surface area contributed by atoms with Crippen molar-refractivity contribution in [3.63, 3.8) is 0 Å². The summed E-state index contributed by atoms with van der Waals surface area (Å²) in [4.78, 5) is 11.9. The van der Waals surface area contributed by atoms with Gasteiger partial charge in [-0.2, -0.15) is 0 Å². The van der Waals surface area contributed by atoms with Gasteiger partial charge in [-0.1, -0.05) is 25.8 Å². The fraction of sp³-hybridized carbons (Fsp3) is 0.500. The highest BCUT2D eigenvalue weighted by Gasteiger charge is 2.29. The number of rotatable bonds is 6. The van der Waals surface area contributed by atoms with Gasteiger partial charge < -0.3 is 15.4 Å². The number of nitrogens with one attached hydrogen (secondary N) is 2. The van der Waals surface area contributed by atoms with Gasteiger partial charge in [-0.05, 0) is 19.0 Å². The molecule has 1 aromatic carbocycles. The number of benzene rings is 1. The maximum absolute atomic E-state index is 11.9. The number of hydrogen-bond acceptors (Lipinski definition) is 3. The number of ether oxygens (including phenoxy) is 1. The average Bonchev–Trinajstić information content (AvgIpc) is 2.69. The zero-order valence-corrected chi connectivity index (χ0v) is 11.0. The molecule has 0 saturated heterocycles. The Morgan fingerprint density at radius 1 is 1.39 bits per heavy atom. The van der Waals surface area contributed by atoms with E-state index in [0.29, 0.717) is 0 Å². The van der Waals surface area contributed by atoms with Gasteiger partial charge in [-0.25, -0.2) is 0 Å². The monoisotopic (exact) mass is 248 g/mol. The lowest BCUT2D eigenvalue weighted by Gasteiger charge is -2.11. The van der Waals surface area contributed by atoms with Crippen molar-refractivity contribution in [1.82, 2.24) is 5.32 Å². The molecule has 0 aromatic heterocycles. The van der Waals surface area contributed by atoms with Gasteiger partial charge in [0.05, 0.1) is 7.11 Å². The van der Waals surface area contributed by atoms with E-state index >= 15 is 0 Å². The van der Waals surface area contributed by atoms with Crippen LogP contribution in [-0.4, -0.2) is 19.6 Å². The predicted molar refractivity (Wildman–Crippen MR) is 71.9 cm³/mol. The molecule has 0 aliphatic carbocycles. The minimum absolute atomic E-state index is 0.0229. The number of anilines is 1. The van der Waals surface area contributed by atoms with Crippen LogP contribution in [0, 0.1) is 0 Å². The molecule has 1 aliphatic rings. The largest absolute Gasteiger partial charge is 0.497 e. The highest BCUT2D eigenvalue weighted by molar-refractivity contribution is 6.02. The molecule has 0 radical (unpaired) electrons. The number of unbranched alkanes of at least 4 members (excludes halogenated alkanes) is 2. The zero-order valence-electron chi connectivity index (χ0n) is 11.0. The standard InChI is InChI=1S/C14H20N2O2/c1-3-4-5-8-15-13-11-7-6-10(18-2)9-12(11)16-14(13)17/h6-7,9,13,15H,3-5,8H2,1-2H3,(H,16,17). The summed E-state index contributed by atoms with van der Waals surface area (Å²) in [6.45, 7) is 3.04. The van der Waals surface area contributed by atoms with Gasteiger partial charge in [0.2, 0.25) is 5.91 Å². The Labute approximate surface area is 108 Å². The Morgan fingerprint density at radius 3 is 2.94 bits per heavy atom. The molecule has 1 unspecified atom stereocenters. The Hall–Kier alpha value is -1.55. The fourth-order valence-electron chi connectivity index (χ4n) is 2.19. The highest BCUT2D eigenvalue weighted by Crippen LogP contribution is 2.33. The second-order valence-corrected chi connectivity index (χ2v) is 4.54. The lowest BCUT2D eigenvalue weighted by molar-refractivity contribution is -0.117. The number of hydrogen-bond donors (Lipinski definition) is 2. The van der Waals surface area contributed by atoms with E-state index in [0.717, 1.165) is 30.0 Å². The molecule has 2 N–H and O–H groups in total. The minimum Gasteiger partial charge on any atom is -0.497 e. The van der Waals surface area contributed by atoms with Gasteiger partial charge in [0.1, 0.15) is 11.8 Å². The van der Waals surface area contributed by atoms with E-state index in [4.69, 9.17) is 4.74 Å². The van der Waals surface area contributed by atoms with E-state index < -0.39 is 0 Å². The average molecular weight is 248 g/mol. The Kier molecular flexibility index (Phi) is 4.20. The molecule has 1 amide bonds. The summed E-state index contributed by atoms with van der Waals surface area (Å²) in [7, 11) is 1.62. The summed E-state index contributed by atoms with van der Waals surface area (Å²) in [6, 6.07) is 5.48. The number of amides is 1. The molecule has 4 nitrogen and oxygen atoms in total. The number of carbonyl (C=O) groups excluding carboxylic acids is 1. The first kappa shape index (κ1) is 12.9. The van der Waals surface area contributed by atoms with Crippen LogP contribution < -0.4 is 15.4 Å². The van der Waals surface area contributed by atoms with E-state index in [1.807, 2.05) is 18.2 Å². The molecule has 0 spiro atoms. The van der Waals surface area contributed by atoms with Crippen molar-refractivity contribution < 1.29 is 9.53 Å². The summed E-state index contributed by atoms with van der Waals surface area (Å²) in [5.41, 5.74) is 1.87. The second kappa shape index (κ2) is 5.87. The minimum atomic E-state index is -0.220. The first-order valence-electron chi connectivity index (χ1n) is 6.48. The van der Waals surface area contributed by atoms with Gasteiger partial charge in [-0.3, -0.25) is 4.79 Å². The molecule has 1 atom stereocenters. The van der Waals surface area contributed by atoms with Crippen LogP contribution in [-0.2, 0) is 4.79 Å². The maximum atomic E-state index is 11.9. The van der Waals surface area contributed by atoms with E-state index in [1.165, 1.54) is 12.8 Å². The van der Waals surface area contributed by atoms with Crippen LogP contribution in [0.4, 0.5) is 5.69 Å². The third kappa shape index (κ3) is 2.64. The first-order chi connectivity index (χ1) is 8.76. The molecule has 1 heterocycles. The SMILES string of the molecule is CCCCCNC1C(=O)Nc2cc(OC)ccc21. The summed E-state index contributed by atoms with van der Waals surface area (Å²) in [5.74, 6) is 0.787. The quantitative estimate of drug-likeness (QED) is 0.760. The lowest BCUT2D eigenvalue weighted by atomic mass is 10.1. The van der Waals surface area contributed by atoms with E-state index in [-0.39, 0.29) is 11.9 Å². The number of carbonyl (C=O) groups is 1. The summed E-state index contributed by atoms with van der Waals surface area (Å²) < 4.78 is 5.15. The Balaban J connectivity index is 2.03. The number of methoxy groups -OCH3 is 1. The van der Waals surface area contributed by atoms with Crippen molar-refractivity contribution in [3.8, 4) is 5.75 Å². The highest BCUT2D eigenvalue weighted by atomic mass is 16.5.